The Kier molecular flexibility index (Phi) is 6.99. The molecule has 7 heteroatoms. The van der Waals surface area contributed by atoms with Crippen LogP contribution in [0.1, 0.15) is 18.5 Å². The molecule has 2 aliphatic rings. The number of thiazole rings is 1. The molecular weight excluding hydrogens is 382 g/mol. The minimum absolute atomic E-state index is 0.323. The molecule has 2 aromatic rings. The molecule has 0 unspecified atom stereocenters. The van der Waals surface area contributed by atoms with Gasteiger partial charge in [-0.2, -0.15) is 0 Å². The van der Waals surface area contributed by atoms with E-state index < -0.39 is 0 Å². The fraction of sp³-hybridized carbons (Fsp3) is 0.545. The molecule has 2 saturated heterocycles. The molecule has 154 valence electrons. The summed E-state index contributed by atoms with van der Waals surface area (Å²) in [4.78, 5) is 16.1. The van der Waals surface area contributed by atoms with Gasteiger partial charge in [-0.15, -0.1) is 11.3 Å². The van der Waals surface area contributed by atoms with E-state index in [0.29, 0.717) is 12.7 Å². The average molecular weight is 412 g/mol. The summed E-state index contributed by atoms with van der Waals surface area (Å²) in [7, 11) is 0. The van der Waals surface area contributed by atoms with Gasteiger partial charge in [0.15, 0.2) is 5.13 Å². The number of anilines is 2. The number of hydrogen-bond donors (Lipinski definition) is 0. The third kappa shape index (κ3) is 5.69. The van der Waals surface area contributed by atoms with Crippen molar-refractivity contribution in [1.29, 1.82) is 0 Å². The lowest BCUT2D eigenvalue weighted by Gasteiger charge is -2.34. The zero-order chi connectivity index (χ0) is 19.9. The number of hydrogen-bond acceptors (Lipinski definition) is 7. The van der Waals surface area contributed by atoms with Crippen molar-refractivity contribution in [2.24, 2.45) is 0 Å². The normalized spacial score (nSPS) is 18.5. The topological polar surface area (TPSA) is 44.7 Å². The fourth-order valence-electron chi connectivity index (χ4n) is 3.75. The molecule has 2 fully saturated rings. The van der Waals surface area contributed by atoms with Gasteiger partial charge in [0.25, 0.3) is 0 Å². The maximum atomic E-state index is 5.98. The van der Waals surface area contributed by atoms with Gasteiger partial charge in [-0.1, -0.05) is 17.9 Å². The van der Waals surface area contributed by atoms with Crippen molar-refractivity contribution in [2.45, 2.75) is 25.9 Å². The largest absolute Gasteiger partial charge is 0.365 e. The summed E-state index contributed by atoms with van der Waals surface area (Å²) < 4.78 is 5.98. The highest BCUT2D eigenvalue weighted by molar-refractivity contribution is 7.13. The van der Waals surface area contributed by atoms with E-state index in [-0.39, 0.29) is 0 Å². The maximum Gasteiger partial charge on any atom is 0.185 e. The van der Waals surface area contributed by atoms with Crippen LogP contribution in [0.4, 0.5) is 10.9 Å². The second-order valence-corrected chi connectivity index (χ2v) is 8.41. The first-order chi connectivity index (χ1) is 14.3. The van der Waals surface area contributed by atoms with Crippen molar-refractivity contribution >= 4 is 22.3 Å². The van der Waals surface area contributed by atoms with Gasteiger partial charge >= 0.3 is 0 Å². The molecule has 4 rings (SSSR count). The van der Waals surface area contributed by atoms with Crippen LogP contribution in [0.5, 0.6) is 0 Å². The van der Waals surface area contributed by atoms with E-state index in [1.807, 2.05) is 18.3 Å². The first-order valence-electron chi connectivity index (χ1n) is 10.4. The zero-order valence-electron chi connectivity index (χ0n) is 17.1. The van der Waals surface area contributed by atoms with E-state index in [2.05, 4.69) is 54.9 Å². The summed E-state index contributed by atoms with van der Waals surface area (Å²) in [6.45, 7) is 9.52. The van der Waals surface area contributed by atoms with Crippen LogP contribution in [-0.4, -0.2) is 73.4 Å². The smallest absolute Gasteiger partial charge is 0.185 e. The molecule has 0 atom stereocenters. The SMILES string of the molecule is Cc1csc(N2CCC(OCC#CCN3CCN(c4ccccn4)CC3)CC2)n1. The van der Waals surface area contributed by atoms with E-state index in [1.54, 1.807) is 11.3 Å². The number of ether oxygens (including phenoxy) is 1. The molecule has 0 aliphatic carbocycles. The van der Waals surface area contributed by atoms with Crippen molar-refractivity contribution < 1.29 is 4.74 Å². The van der Waals surface area contributed by atoms with E-state index >= 15 is 0 Å². The first kappa shape index (κ1) is 20.1. The van der Waals surface area contributed by atoms with Crippen LogP contribution in [0, 0.1) is 18.8 Å². The Bertz CT molecular complexity index is 814. The number of rotatable bonds is 5. The Morgan fingerprint density at radius 3 is 2.59 bits per heavy atom. The van der Waals surface area contributed by atoms with Gasteiger partial charge in [-0.05, 0) is 31.9 Å². The van der Waals surface area contributed by atoms with E-state index in [9.17, 15) is 0 Å². The van der Waals surface area contributed by atoms with Crippen molar-refractivity contribution in [1.82, 2.24) is 14.9 Å². The highest BCUT2D eigenvalue weighted by Crippen LogP contribution is 2.24. The van der Waals surface area contributed by atoms with Crippen LogP contribution >= 0.6 is 11.3 Å². The molecule has 0 aromatic carbocycles. The molecule has 0 bridgehead atoms. The van der Waals surface area contributed by atoms with Gasteiger partial charge in [0.05, 0.1) is 18.3 Å². The lowest BCUT2D eigenvalue weighted by molar-refractivity contribution is 0.0594. The number of pyridine rings is 1. The Morgan fingerprint density at radius 1 is 1.07 bits per heavy atom. The monoisotopic (exact) mass is 411 g/mol. The Morgan fingerprint density at radius 2 is 1.90 bits per heavy atom. The standard InChI is InChI=1S/C22H29N5OS/c1-19-18-29-22(24-19)27-11-7-20(8-12-27)28-17-5-4-10-25-13-15-26(16-14-25)21-6-2-3-9-23-21/h2-3,6,9,18,20H,7-8,10-17H2,1H3. The number of nitrogens with zero attached hydrogens (tertiary/aromatic N) is 5. The molecule has 0 saturated carbocycles. The van der Waals surface area contributed by atoms with Crippen LogP contribution in [-0.2, 0) is 4.74 Å². The van der Waals surface area contributed by atoms with Crippen molar-refractivity contribution in [2.75, 3.05) is 62.2 Å². The highest BCUT2D eigenvalue weighted by Gasteiger charge is 2.21. The molecule has 29 heavy (non-hydrogen) atoms. The summed E-state index contributed by atoms with van der Waals surface area (Å²) in [5, 5.41) is 3.26. The summed E-state index contributed by atoms with van der Waals surface area (Å²) in [5.74, 6) is 7.56. The highest BCUT2D eigenvalue weighted by atomic mass is 32.1. The number of piperazine rings is 1. The van der Waals surface area contributed by atoms with Crippen molar-refractivity contribution in [3.63, 3.8) is 0 Å². The number of aromatic nitrogens is 2. The average Bonchev–Trinajstić information content (AvgIpc) is 3.21. The van der Waals surface area contributed by atoms with Crippen LogP contribution in [0.25, 0.3) is 0 Å². The van der Waals surface area contributed by atoms with E-state index in [4.69, 9.17) is 4.74 Å². The molecule has 2 aliphatic heterocycles. The van der Waals surface area contributed by atoms with Gasteiger partial charge in [-0.25, -0.2) is 9.97 Å². The molecule has 4 heterocycles. The predicted molar refractivity (Wildman–Crippen MR) is 119 cm³/mol. The van der Waals surface area contributed by atoms with Gasteiger partial charge in [-0.3, -0.25) is 4.90 Å². The van der Waals surface area contributed by atoms with Crippen LogP contribution in [0.2, 0.25) is 0 Å². The van der Waals surface area contributed by atoms with Crippen molar-refractivity contribution in [3.05, 3.63) is 35.5 Å². The zero-order valence-corrected chi connectivity index (χ0v) is 17.9. The van der Waals surface area contributed by atoms with Crippen LogP contribution in [0.3, 0.4) is 0 Å². The molecule has 0 radical (unpaired) electrons. The van der Waals surface area contributed by atoms with Crippen LogP contribution in [0.15, 0.2) is 29.8 Å². The number of piperidine rings is 1. The van der Waals surface area contributed by atoms with Gasteiger partial charge in [0, 0.05) is 50.8 Å². The summed E-state index contributed by atoms with van der Waals surface area (Å²) in [5.41, 5.74) is 1.11. The maximum absolute atomic E-state index is 5.98. The molecule has 0 spiro atoms. The van der Waals surface area contributed by atoms with E-state index in [1.165, 1.54) is 0 Å². The summed E-state index contributed by atoms with van der Waals surface area (Å²) in [6.07, 6.45) is 4.28. The van der Waals surface area contributed by atoms with Gasteiger partial charge < -0.3 is 14.5 Å². The first-order valence-corrected chi connectivity index (χ1v) is 11.3. The minimum Gasteiger partial charge on any atom is -0.365 e. The Balaban J connectivity index is 1.11. The van der Waals surface area contributed by atoms with Crippen LogP contribution < -0.4 is 9.80 Å². The molecule has 2 aromatic heterocycles. The number of aryl methyl sites for hydroxylation is 1. The fourth-order valence-corrected chi connectivity index (χ4v) is 4.61. The van der Waals surface area contributed by atoms with Gasteiger partial charge in [0.1, 0.15) is 12.4 Å². The third-order valence-corrected chi connectivity index (χ3v) is 6.50. The second kappa shape index (κ2) is 10.1. The predicted octanol–water partition coefficient (Wildman–Crippen LogP) is 2.66. The summed E-state index contributed by atoms with van der Waals surface area (Å²) in [6, 6.07) is 6.09. The molecule has 0 amide bonds. The van der Waals surface area contributed by atoms with Crippen molar-refractivity contribution in [3.8, 4) is 11.8 Å². The molecule has 6 nitrogen and oxygen atoms in total. The van der Waals surface area contributed by atoms with E-state index in [0.717, 1.165) is 75.3 Å². The molecule has 0 N–H and O–H groups in total. The lowest BCUT2D eigenvalue weighted by atomic mass is 10.1. The van der Waals surface area contributed by atoms with Gasteiger partial charge in [0.2, 0.25) is 0 Å². The minimum atomic E-state index is 0.323. The quantitative estimate of drug-likeness (QED) is 0.705. The Labute approximate surface area is 177 Å². The Hall–Kier alpha value is -2.14. The third-order valence-electron chi connectivity index (χ3n) is 5.48. The summed E-state index contributed by atoms with van der Waals surface area (Å²) >= 11 is 1.73. The molecular formula is C22H29N5OS. The lowest BCUT2D eigenvalue weighted by Crippen LogP contribution is -2.46. The second-order valence-electron chi connectivity index (χ2n) is 7.57.